The first-order chi connectivity index (χ1) is 15.6. The maximum absolute atomic E-state index is 13.9. The Morgan fingerprint density at radius 3 is 2.47 bits per heavy atom. The minimum atomic E-state index is -0.426. The normalized spacial score (nSPS) is 21.2. The van der Waals surface area contributed by atoms with Gasteiger partial charge in [-0.2, -0.15) is 0 Å². The second kappa shape index (κ2) is 8.78. The zero-order valence-electron chi connectivity index (χ0n) is 19.0. The number of rotatable bonds is 5. The Balaban J connectivity index is 1.42. The van der Waals surface area contributed by atoms with Gasteiger partial charge in [-0.3, -0.25) is 4.79 Å². The van der Waals surface area contributed by atoms with Crippen molar-refractivity contribution in [2.24, 2.45) is 0 Å². The van der Waals surface area contributed by atoms with Gasteiger partial charge in [0.2, 0.25) is 12.7 Å². The van der Waals surface area contributed by atoms with Crippen molar-refractivity contribution in [1.29, 1.82) is 0 Å². The summed E-state index contributed by atoms with van der Waals surface area (Å²) in [5.74, 6) is 1.77. The Bertz CT molecular complexity index is 973. The van der Waals surface area contributed by atoms with Gasteiger partial charge in [0.25, 0.3) is 0 Å². The van der Waals surface area contributed by atoms with Crippen LogP contribution in [0, 0.1) is 6.92 Å². The summed E-state index contributed by atoms with van der Waals surface area (Å²) < 4.78 is 16.8. The van der Waals surface area contributed by atoms with E-state index in [4.69, 9.17) is 14.2 Å². The van der Waals surface area contributed by atoms with Crippen molar-refractivity contribution in [3.8, 4) is 11.5 Å². The molecular weight excluding hydrogens is 402 g/mol. The molecule has 2 aliphatic heterocycles. The molecule has 2 fully saturated rings. The Kier molecular flexibility index (Phi) is 5.85. The van der Waals surface area contributed by atoms with Gasteiger partial charge in [0, 0.05) is 25.2 Å². The molecule has 1 saturated carbocycles. The van der Waals surface area contributed by atoms with Crippen LogP contribution < -0.4 is 14.8 Å². The van der Waals surface area contributed by atoms with Crippen LogP contribution >= 0.6 is 0 Å². The molecule has 0 unspecified atom stereocenters. The lowest BCUT2D eigenvalue weighted by molar-refractivity contribution is -0.128. The summed E-state index contributed by atoms with van der Waals surface area (Å²) in [6, 6.07) is 14.6. The van der Waals surface area contributed by atoms with Gasteiger partial charge in [-0.05, 0) is 61.4 Å². The highest BCUT2D eigenvalue weighted by Gasteiger charge is 2.43. The Morgan fingerprint density at radius 2 is 1.69 bits per heavy atom. The number of fused-ring (bicyclic) bond motifs is 1. The quantitative estimate of drug-likeness (QED) is 0.734. The molecule has 1 N–H and O–H groups in total. The van der Waals surface area contributed by atoms with Gasteiger partial charge in [0.15, 0.2) is 11.5 Å². The molecule has 1 saturated heterocycles. The average Bonchev–Trinajstić information content (AvgIpc) is 3.32. The van der Waals surface area contributed by atoms with Gasteiger partial charge in [0.05, 0.1) is 5.41 Å². The topological polar surface area (TPSA) is 56.8 Å². The number of hydrogen-bond donors (Lipinski definition) is 1. The number of benzene rings is 2. The molecule has 0 radical (unpaired) electrons. The molecule has 0 atom stereocenters. The zero-order chi connectivity index (χ0) is 22.0. The van der Waals surface area contributed by atoms with Crippen molar-refractivity contribution in [3.05, 3.63) is 59.2 Å². The van der Waals surface area contributed by atoms with Crippen molar-refractivity contribution < 1.29 is 19.0 Å². The van der Waals surface area contributed by atoms with Crippen molar-refractivity contribution in [2.45, 2.75) is 62.7 Å². The zero-order valence-corrected chi connectivity index (χ0v) is 19.0. The van der Waals surface area contributed by atoms with Crippen LogP contribution in [0.2, 0.25) is 0 Å². The molecule has 1 amide bonds. The van der Waals surface area contributed by atoms with E-state index in [9.17, 15) is 4.79 Å². The number of amides is 1. The number of nitrogens with one attached hydrogen (secondary N) is 1. The largest absolute Gasteiger partial charge is 0.454 e. The van der Waals surface area contributed by atoms with Crippen LogP contribution in [0.4, 0.5) is 0 Å². The third-order valence-corrected chi connectivity index (χ3v) is 7.82. The molecule has 2 heterocycles. The van der Waals surface area contributed by atoms with Gasteiger partial charge in [-0.1, -0.05) is 49.6 Å². The van der Waals surface area contributed by atoms with E-state index < -0.39 is 5.41 Å². The third-order valence-electron chi connectivity index (χ3n) is 7.82. The molecule has 170 valence electrons. The fourth-order valence-electron chi connectivity index (χ4n) is 5.86. The van der Waals surface area contributed by atoms with E-state index >= 15 is 0 Å². The maximum Gasteiger partial charge on any atom is 0.231 e. The summed E-state index contributed by atoms with van der Waals surface area (Å²) in [5, 5.41) is 3.43. The van der Waals surface area contributed by atoms with Crippen LogP contribution in [-0.2, 0) is 20.4 Å². The highest BCUT2D eigenvalue weighted by atomic mass is 16.7. The molecule has 5 heteroatoms. The lowest BCUT2D eigenvalue weighted by Crippen LogP contribution is -2.51. The fraction of sp³-hybridized carbons (Fsp3) is 0.519. The van der Waals surface area contributed by atoms with E-state index in [-0.39, 0.29) is 18.1 Å². The fourth-order valence-corrected chi connectivity index (χ4v) is 5.86. The molecule has 1 aliphatic carbocycles. The molecule has 2 aromatic rings. The van der Waals surface area contributed by atoms with Crippen LogP contribution in [0.3, 0.4) is 0 Å². The number of ether oxygens (including phenoxy) is 3. The second-order valence-electron chi connectivity index (χ2n) is 9.60. The molecular formula is C27H33NO4. The average molecular weight is 436 g/mol. The molecule has 0 spiro atoms. The van der Waals surface area contributed by atoms with Gasteiger partial charge in [0.1, 0.15) is 0 Å². The van der Waals surface area contributed by atoms with Crippen molar-refractivity contribution in [2.75, 3.05) is 26.6 Å². The summed E-state index contributed by atoms with van der Waals surface area (Å²) in [6.07, 6.45) is 7.01. The van der Waals surface area contributed by atoms with E-state index in [1.54, 1.807) is 0 Å². The summed E-state index contributed by atoms with van der Waals surface area (Å²) in [6.45, 7) is 4.42. The minimum absolute atomic E-state index is 0.156. The van der Waals surface area contributed by atoms with Gasteiger partial charge >= 0.3 is 0 Å². The number of carbonyl (C=O) groups is 1. The van der Waals surface area contributed by atoms with Gasteiger partial charge in [-0.15, -0.1) is 0 Å². The molecule has 32 heavy (non-hydrogen) atoms. The van der Waals surface area contributed by atoms with Crippen LogP contribution in [0.15, 0.2) is 42.5 Å². The summed E-state index contributed by atoms with van der Waals surface area (Å²) in [4.78, 5) is 13.9. The lowest BCUT2D eigenvalue weighted by Gasteiger charge is -2.41. The van der Waals surface area contributed by atoms with E-state index in [2.05, 4.69) is 48.6 Å². The summed E-state index contributed by atoms with van der Waals surface area (Å²) >= 11 is 0. The second-order valence-corrected chi connectivity index (χ2v) is 9.60. The predicted molar refractivity (Wildman–Crippen MR) is 123 cm³/mol. The van der Waals surface area contributed by atoms with Crippen LogP contribution in [0.5, 0.6) is 11.5 Å². The van der Waals surface area contributed by atoms with E-state index in [0.717, 1.165) is 50.0 Å². The first-order valence-electron chi connectivity index (χ1n) is 12.0. The predicted octanol–water partition coefficient (Wildman–Crippen LogP) is 4.79. The Labute approximate surface area is 190 Å². The SMILES string of the molecule is Cc1ccccc1C1(C(=O)NCC2(c3ccc4c(c3)OCO4)CCOCC2)CCCCC1. The molecule has 5 rings (SSSR count). The number of aryl methyl sites for hydroxylation is 1. The number of hydrogen-bond acceptors (Lipinski definition) is 4. The highest BCUT2D eigenvalue weighted by molar-refractivity contribution is 5.89. The standard InChI is InChI=1S/C27H33NO4/c1-20-7-3-4-8-22(20)27(11-5-2-6-12-27)25(29)28-18-26(13-15-30-16-14-26)21-9-10-23-24(17-21)32-19-31-23/h3-4,7-10,17H,2,5-6,11-16,18-19H2,1H3,(H,28,29). The minimum Gasteiger partial charge on any atom is -0.454 e. The van der Waals surface area contributed by atoms with Crippen LogP contribution in [-0.4, -0.2) is 32.5 Å². The summed E-state index contributed by atoms with van der Waals surface area (Å²) in [7, 11) is 0. The Morgan fingerprint density at radius 1 is 0.938 bits per heavy atom. The molecule has 3 aliphatic rings. The lowest BCUT2D eigenvalue weighted by atomic mass is 9.67. The number of carbonyl (C=O) groups excluding carboxylic acids is 1. The van der Waals surface area contributed by atoms with E-state index in [1.165, 1.54) is 23.1 Å². The monoisotopic (exact) mass is 435 g/mol. The maximum atomic E-state index is 13.9. The Hall–Kier alpha value is -2.53. The third kappa shape index (κ3) is 3.77. The van der Waals surface area contributed by atoms with Gasteiger partial charge < -0.3 is 19.5 Å². The van der Waals surface area contributed by atoms with Crippen LogP contribution in [0.1, 0.15) is 61.6 Å². The van der Waals surface area contributed by atoms with E-state index in [0.29, 0.717) is 19.8 Å². The van der Waals surface area contributed by atoms with E-state index in [1.807, 2.05) is 6.07 Å². The smallest absolute Gasteiger partial charge is 0.231 e. The van der Waals surface area contributed by atoms with Crippen molar-refractivity contribution >= 4 is 5.91 Å². The summed E-state index contributed by atoms with van der Waals surface area (Å²) in [5.41, 5.74) is 3.02. The van der Waals surface area contributed by atoms with Crippen LogP contribution in [0.25, 0.3) is 0 Å². The highest BCUT2D eigenvalue weighted by Crippen LogP contribution is 2.43. The van der Waals surface area contributed by atoms with Crippen molar-refractivity contribution in [3.63, 3.8) is 0 Å². The van der Waals surface area contributed by atoms with Gasteiger partial charge in [-0.25, -0.2) is 0 Å². The molecule has 0 aromatic heterocycles. The van der Waals surface area contributed by atoms with Crippen molar-refractivity contribution in [1.82, 2.24) is 5.32 Å². The molecule has 5 nitrogen and oxygen atoms in total. The first-order valence-corrected chi connectivity index (χ1v) is 12.0. The first kappa shape index (κ1) is 21.3. The molecule has 0 bridgehead atoms. The molecule has 2 aromatic carbocycles.